The zero-order valence-electron chi connectivity index (χ0n) is 12.2. The lowest BCUT2D eigenvalue weighted by Gasteiger charge is -2.10. The molecule has 5 nitrogen and oxygen atoms in total. The third kappa shape index (κ3) is 3.96. The first-order valence-corrected chi connectivity index (χ1v) is 8.49. The third-order valence-electron chi connectivity index (χ3n) is 2.96. The van der Waals surface area contributed by atoms with Crippen LogP contribution in [0.2, 0.25) is 10.0 Å². The molecule has 0 aliphatic rings. The molecule has 2 aromatic carbocycles. The zero-order chi connectivity index (χ0) is 17.2. The Hall–Kier alpha value is -1.76. The zero-order valence-corrected chi connectivity index (χ0v) is 14.5. The largest absolute Gasteiger partial charge is 0.465 e. The highest BCUT2D eigenvalue weighted by Gasteiger charge is 2.23. The number of aryl methyl sites for hydroxylation is 1. The van der Waals surface area contributed by atoms with Crippen LogP contribution in [0.5, 0.6) is 5.75 Å². The fourth-order valence-corrected chi connectivity index (χ4v) is 3.32. The summed E-state index contributed by atoms with van der Waals surface area (Å²) in [5.41, 5.74) is 0.708. The lowest BCUT2D eigenvalue weighted by atomic mass is 10.2. The van der Waals surface area contributed by atoms with E-state index in [2.05, 4.69) is 4.74 Å². The highest BCUT2D eigenvalue weighted by Crippen LogP contribution is 2.28. The number of rotatable bonds is 4. The van der Waals surface area contributed by atoms with Gasteiger partial charge >= 0.3 is 16.1 Å². The van der Waals surface area contributed by atoms with Gasteiger partial charge in [-0.3, -0.25) is 0 Å². The van der Waals surface area contributed by atoms with Gasteiger partial charge in [0.1, 0.15) is 10.6 Å². The molecule has 8 heteroatoms. The van der Waals surface area contributed by atoms with Crippen molar-refractivity contribution in [3.8, 4) is 5.75 Å². The molecule has 0 N–H and O–H groups in total. The first kappa shape index (κ1) is 17.6. The Morgan fingerprint density at radius 1 is 1.04 bits per heavy atom. The molecular weight excluding hydrogens is 363 g/mol. The SMILES string of the molecule is COC(=O)c1ccc(Cl)c(S(=O)(=O)Oc2ccc(Cl)c(C)c2)c1. The van der Waals surface area contributed by atoms with Gasteiger partial charge < -0.3 is 8.92 Å². The van der Waals surface area contributed by atoms with Crippen LogP contribution in [0.1, 0.15) is 15.9 Å². The predicted molar refractivity (Wildman–Crippen MR) is 86.8 cm³/mol. The molecular formula is C15H12Cl2O5S. The van der Waals surface area contributed by atoms with Crippen molar-refractivity contribution >= 4 is 39.3 Å². The Labute approximate surface area is 143 Å². The van der Waals surface area contributed by atoms with Gasteiger partial charge in [-0.05, 0) is 48.9 Å². The van der Waals surface area contributed by atoms with E-state index in [1.54, 1.807) is 6.92 Å². The van der Waals surface area contributed by atoms with Gasteiger partial charge in [0.2, 0.25) is 0 Å². The molecule has 0 aliphatic carbocycles. The van der Waals surface area contributed by atoms with Crippen LogP contribution in [0, 0.1) is 6.92 Å². The Morgan fingerprint density at radius 3 is 2.30 bits per heavy atom. The quantitative estimate of drug-likeness (QED) is 0.600. The minimum Gasteiger partial charge on any atom is -0.465 e. The van der Waals surface area contributed by atoms with Crippen LogP contribution >= 0.6 is 23.2 Å². The first-order valence-electron chi connectivity index (χ1n) is 6.33. The van der Waals surface area contributed by atoms with Crippen LogP contribution in [0.4, 0.5) is 0 Å². The van der Waals surface area contributed by atoms with Crippen LogP contribution in [-0.2, 0) is 14.9 Å². The Bertz CT molecular complexity index is 862. The lowest BCUT2D eigenvalue weighted by molar-refractivity contribution is 0.0600. The van der Waals surface area contributed by atoms with Crippen LogP contribution in [-0.4, -0.2) is 21.5 Å². The second-order valence-corrected chi connectivity index (χ2v) is 6.91. The molecule has 0 fully saturated rings. The molecule has 2 aromatic rings. The molecule has 0 atom stereocenters. The summed E-state index contributed by atoms with van der Waals surface area (Å²) in [6.45, 7) is 1.71. The van der Waals surface area contributed by atoms with E-state index in [1.165, 1.54) is 37.4 Å². The minimum atomic E-state index is -4.22. The smallest absolute Gasteiger partial charge is 0.340 e. The molecule has 0 saturated carbocycles. The summed E-state index contributed by atoms with van der Waals surface area (Å²) < 4.78 is 34.4. The molecule has 0 spiro atoms. The Kier molecular flexibility index (Phi) is 5.19. The second kappa shape index (κ2) is 6.78. The van der Waals surface area contributed by atoms with Crippen LogP contribution in [0.3, 0.4) is 0 Å². The van der Waals surface area contributed by atoms with E-state index in [9.17, 15) is 13.2 Å². The number of methoxy groups -OCH3 is 1. The van der Waals surface area contributed by atoms with Crippen molar-refractivity contribution in [1.29, 1.82) is 0 Å². The van der Waals surface area contributed by atoms with Gasteiger partial charge in [-0.2, -0.15) is 8.42 Å². The highest BCUT2D eigenvalue weighted by molar-refractivity contribution is 7.87. The van der Waals surface area contributed by atoms with E-state index >= 15 is 0 Å². The van der Waals surface area contributed by atoms with Crippen molar-refractivity contribution in [2.75, 3.05) is 7.11 Å². The van der Waals surface area contributed by atoms with E-state index in [4.69, 9.17) is 27.4 Å². The molecule has 122 valence electrons. The number of ether oxygens (including phenoxy) is 1. The Balaban J connectivity index is 2.42. The number of carbonyl (C=O) groups excluding carboxylic acids is 1. The van der Waals surface area contributed by atoms with Crippen LogP contribution < -0.4 is 4.18 Å². The van der Waals surface area contributed by atoms with E-state index in [-0.39, 0.29) is 21.2 Å². The highest BCUT2D eigenvalue weighted by atomic mass is 35.5. The molecule has 0 aromatic heterocycles. The number of esters is 1. The fourth-order valence-electron chi connectivity index (χ4n) is 1.78. The summed E-state index contributed by atoms with van der Waals surface area (Å²) in [6.07, 6.45) is 0. The van der Waals surface area contributed by atoms with Gasteiger partial charge in [-0.1, -0.05) is 23.2 Å². The van der Waals surface area contributed by atoms with Gasteiger partial charge in [0.05, 0.1) is 17.7 Å². The number of benzene rings is 2. The number of carbonyl (C=O) groups is 1. The van der Waals surface area contributed by atoms with E-state index < -0.39 is 16.1 Å². The number of hydrogen-bond acceptors (Lipinski definition) is 5. The number of halogens is 2. The van der Waals surface area contributed by atoms with Crippen LogP contribution in [0.15, 0.2) is 41.3 Å². The standard InChI is InChI=1S/C15H12Cl2O5S/c1-9-7-11(4-6-12(9)16)22-23(19,20)14-8-10(15(18)21-2)3-5-13(14)17/h3-8H,1-2H3. The molecule has 0 amide bonds. The summed E-state index contributed by atoms with van der Waals surface area (Å²) in [7, 11) is -3.03. The van der Waals surface area contributed by atoms with Crippen molar-refractivity contribution in [1.82, 2.24) is 0 Å². The molecule has 0 bridgehead atoms. The molecule has 2 rings (SSSR count). The molecule has 0 radical (unpaired) electrons. The maximum atomic E-state index is 12.4. The average Bonchev–Trinajstić information content (AvgIpc) is 2.50. The van der Waals surface area contributed by atoms with Crippen molar-refractivity contribution in [3.63, 3.8) is 0 Å². The number of hydrogen-bond donors (Lipinski definition) is 0. The summed E-state index contributed by atoms with van der Waals surface area (Å²) >= 11 is 11.8. The van der Waals surface area contributed by atoms with Crippen molar-refractivity contribution in [2.45, 2.75) is 11.8 Å². The minimum absolute atomic E-state index is 0.0476. The van der Waals surface area contributed by atoms with Gasteiger partial charge in [-0.25, -0.2) is 4.79 Å². The van der Waals surface area contributed by atoms with E-state index in [0.29, 0.717) is 10.6 Å². The maximum Gasteiger partial charge on any atom is 0.340 e. The second-order valence-electron chi connectivity index (χ2n) is 4.59. The fraction of sp³-hybridized carbons (Fsp3) is 0.133. The Morgan fingerprint density at radius 2 is 1.70 bits per heavy atom. The molecule has 0 saturated heterocycles. The average molecular weight is 375 g/mol. The van der Waals surface area contributed by atoms with Crippen molar-refractivity contribution in [2.24, 2.45) is 0 Å². The monoisotopic (exact) mass is 374 g/mol. The molecule has 0 unspecified atom stereocenters. The van der Waals surface area contributed by atoms with E-state index in [1.807, 2.05) is 0 Å². The summed E-state index contributed by atoms with van der Waals surface area (Å²) in [5.74, 6) is -0.591. The first-order chi connectivity index (χ1) is 10.7. The summed E-state index contributed by atoms with van der Waals surface area (Å²) in [6, 6.07) is 8.18. The maximum absolute atomic E-state index is 12.4. The van der Waals surface area contributed by atoms with E-state index in [0.717, 1.165) is 6.07 Å². The molecule has 23 heavy (non-hydrogen) atoms. The van der Waals surface area contributed by atoms with Crippen molar-refractivity contribution < 1.29 is 22.1 Å². The molecule has 0 aliphatic heterocycles. The molecule has 0 heterocycles. The van der Waals surface area contributed by atoms with Gasteiger partial charge in [0, 0.05) is 5.02 Å². The normalized spacial score (nSPS) is 11.1. The van der Waals surface area contributed by atoms with Gasteiger partial charge in [0.25, 0.3) is 0 Å². The topological polar surface area (TPSA) is 69.7 Å². The predicted octanol–water partition coefficient (Wildman–Crippen LogP) is 3.86. The van der Waals surface area contributed by atoms with Gasteiger partial charge in [-0.15, -0.1) is 0 Å². The lowest BCUT2D eigenvalue weighted by Crippen LogP contribution is -2.12. The van der Waals surface area contributed by atoms with Crippen LogP contribution in [0.25, 0.3) is 0 Å². The van der Waals surface area contributed by atoms with Crippen molar-refractivity contribution in [3.05, 3.63) is 57.6 Å². The summed E-state index contributed by atoms with van der Waals surface area (Å²) in [4.78, 5) is 11.2. The van der Waals surface area contributed by atoms with Gasteiger partial charge in [0.15, 0.2) is 0 Å². The third-order valence-corrected chi connectivity index (χ3v) is 5.11. The summed E-state index contributed by atoms with van der Waals surface area (Å²) in [5, 5.41) is 0.420.